The van der Waals surface area contributed by atoms with E-state index in [1.165, 1.54) is 28.7 Å². The summed E-state index contributed by atoms with van der Waals surface area (Å²) in [6.07, 6.45) is 2.99. The number of nitrogens with zero attached hydrogens (tertiary/aromatic N) is 1. The topological polar surface area (TPSA) is 92.8 Å². The number of fused-ring (bicyclic) bond motifs is 5. The van der Waals surface area contributed by atoms with Gasteiger partial charge in [0.2, 0.25) is 11.8 Å². The Morgan fingerprint density at radius 1 is 1.06 bits per heavy atom. The minimum atomic E-state index is -0.710. The van der Waals surface area contributed by atoms with E-state index in [0.29, 0.717) is 16.4 Å². The molecule has 3 amide bonds. The number of ether oxygens (including phenoxy) is 1. The van der Waals surface area contributed by atoms with Gasteiger partial charge in [-0.3, -0.25) is 19.3 Å². The Balaban J connectivity index is 1.21. The molecule has 0 radical (unpaired) electrons. The van der Waals surface area contributed by atoms with Gasteiger partial charge in [-0.2, -0.15) is 0 Å². The quantitative estimate of drug-likeness (QED) is 0.372. The van der Waals surface area contributed by atoms with Crippen LogP contribution < -0.4 is 10.2 Å². The van der Waals surface area contributed by atoms with Crippen LogP contribution in [0, 0.1) is 23.7 Å². The monoisotopic (exact) mass is 498 g/mol. The molecule has 1 heterocycles. The summed E-state index contributed by atoms with van der Waals surface area (Å²) in [7, 11) is 0. The standard InChI is InChI=1S/C25H20Cl2N2O5/c1-12-8-14-9-17(12)22-21(14)23(31)29(24(22)32)16-5-2-13(3-6-16)25(33)34-11-20(30)28-19-7-4-15(26)10-18(19)27/h2-8,10,14,17,21-22H,9,11H2,1H3,(H,28,30)/t14-,17+,21+,22-/m0/s1. The average molecular weight is 499 g/mol. The van der Waals surface area contributed by atoms with Gasteiger partial charge in [0.25, 0.3) is 5.91 Å². The summed E-state index contributed by atoms with van der Waals surface area (Å²) >= 11 is 11.8. The van der Waals surface area contributed by atoms with Crippen molar-refractivity contribution in [2.45, 2.75) is 13.3 Å². The number of allylic oxidation sites excluding steroid dienone is 2. The minimum absolute atomic E-state index is 0.125. The average Bonchev–Trinajstić information content (AvgIpc) is 3.44. The van der Waals surface area contributed by atoms with Crippen LogP contribution >= 0.6 is 23.2 Å². The van der Waals surface area contributed by atoms with Crippen molar-refractivity contribution >= 4 is 58.3 Å². The number of hydrogen-bond donors (Lipinski definition) is 1. The van der Waals surface area contributed by atoms with E-state index in [4.69, 9.17) is 27.9 Å². The fourth-order valence-corrected chi connectivity index (χ4v) is 5.72. The molecular formula is C25H20Cl2N2O5. The lowest BCUT2D eigenvalue weighted by Crippen LogP contribution is -2.33. The van der Waals surface area contributed by atoms with Crippen LogP contribution in [-0.2, 0) is 19.1 Å². The predicted molar refractivity (Wildman–Crippen MR) is 127 cm³/mol. The molecule has 2 bridgehead atoms. The first-order chi connectivity index (χ1) is 16.2. The zero-order valence-electron chi connectivity index (χ0n) is 18.1. The summed E-state index contributed by atoms with van der Waals surface area (Å²) in [6, 6.07) is 10.6. The van der Waals surface area contributed by atoms with Crippen molar-refractivity contribution in [3.63, 3.8) is 0 Å². The number of esters is 1. The third-order valence-electron chi connectivity index (χ3n) is 6.78. The van der Waals surface area contributed by atoms with Crippen molar-refractivity contribution < 1.29 is 23.9 Å². The highest BCUT2D eigenvalue weighted by atomic mass is 35.5. The second-order valence-electron chi connectivity index (χ2n) is 8.78. The normalized spacial score (nSPS) is 24.8. The Labute approximate surface area is 205 Å². The number of imide groups is 1. The van der Waals surface area contributed by atoms with Gasteiger partial charge in [0, 0.05) is 5.02 Å². The fourth-order valence-electron chi connectivity index (χ4n) is 5.27. The summed E-state index contributed by atoms with van der Waals surface area (Å²) < 4.78 is 5.07. The molecule has 7 nitrogen and oxygen atoms in total. The van der Waals surface area contributed by atoms with Crippen LogP contribution in [0.5, 0.6) is 0 Å². The number of anilines is 2. The molecule has 0 aromatic heterocycles. The molecule has 2 aromatic carbocycles. The molecule has 34 heavy (non-hydrogen) atoms. The third-order valence-corrected chi connectivity index (χ3v) is 7.33. The van der Waals surface area contributed by atoms with Crippen LogP contribution in [0.2, 0.25) is 10.0 Å². The molecule has 4 atom stereocenters. The van der Waals surface area contributed by atoms with E-state index in [1.807, 2.05) is 6.92 Å². The number of carbonyl (C=O) groups is 4. The Morgan fingerprint density at radius 2 is 1.76 bits per heavy atom. The van der Waals surface area contributed by atoms with Crippen LogP contribution in [0.4, 0.5) is 11.4 Å². The molecule has 1 N–H and O–H groups in total. The van der Waals surface area contributed by atoms with E-state index in [-0.39, 0.29) is 46.1 Å². The molecule has 0 spiro atoms. The van der Waals surface area contributed by atoms with Gasteiger partial charge in [0.05, 0.1) is 33.8 Å². The molecule has 3 aliphatic rings. The summed E-state index contributed by atoms with van der Waals surface area (Å²) in [4.78, 5) is 51.7. The minimum Gasteiger partial charge on any atom is -0.452 e. The number of benzene rings is 2. The summed E-state index contributed by atoms with van der Waals surface area (Å²) in [6.45, 7) is 1.51. The molecular weight excluding hydrogens is 479 g/mol. The van der Waals surface area contributed by atoms with Crippen LogP contribution in [0.15, 0.2) is 54.1 Å². The smallest absolute Gasteiger partial charge is 0.338 e. The third kappa shape index (κ3) is 3.79. The molecule has 0 unspecified atom stereocenters. The maximum absolute atomic E-state index is 13.0. The number of nitrogens with one attached hydrogen (secondary N) is 1. The summed E-state index contributed by atoms with van der Waals surface area (Å²) in [5.74, 6) is -1.95. The van der Waals surface area contributed by atoms with Crippen molar-refractivity contribution in [2.75, 3.05) is 16.8 Å². The van der Waals surface area contributed by atoms with Gasteiger partial charge in [-0.1, -0.05) is 34.9 Å². The number of hydrogen-bond acceptors (Lipinski definition) is 5. The van der Waals surface area contributed by atoms with Crippen LogP contribution in [0.3, 0.4) is 0 Å². The van der Waals surface area contributed by atoms with E-state index in [9.17, 15) is 19.2 Å². The molecule has 2 fully saturated rings. The molecule has 2 aliphatic carbocycles. The number of halogens is 2. The largest absolute Gasteiger partial charge is 0.452 e. The number of amides is 3. The first-order valence-electron chi connectivity index (χ1n) is 10.8. The lowest BCUT2D eigenvalue weighted by molar-refractivity contribution is -0.123. The lowest BCUT2D eigenvalue weighted by atomic mass is 9.82. The zero-order chi connectivity index (χ0) is 24.1. The molecule has 1 saturated carbocycles. The number of rotatable bonds is 5. The first-order valence-corrected chi connectivity index (χ1v) is 11.6. The molecule has 9 heteroatoms. The van der Waals surface area contributed by atoms with Crippen LogP contribution in [0.25, 0.3) is 0 Å². The highest BCUT2D eigenvalue weighted by molar-refractivity contribution is 6.36. The van der Waals surface area contributed by atoms with Gasteiger partial charge in [0.15, 0.2) is 6.61 Å². The maximum atomic E-state index is 13.0. The van der Waals surface area contributed by atoms with Crippen LogP contribution in [0.1, 0.15) is 23.7 Å². The molecule has 5 rings (SSSR count). The van der Waals surface area contributed by atoms with Crippen molar-refractivity contribution in [1.29, 1.82) is 0 Å². The highest BCUT2D eigenvalue weighted by Gasteiger charge is 2.60. The zero-order valence-corrected chi connectivity index (χ0v) is 19.6. The van der Waals surface area contributed by atoms with E-state index in [1.54, 1.807) is 24.3 Å². The van der Waals surface area contributed by atoms with Gasteiger partial charge < -0.3 is 10.1 Å². The first kappa shape index (κ1) is 22.6. The predicted octanol–water partition coefficient (Wildman–Crippen LogP) is 4.49. The van der Waals surface area contributed by atoms with Gasteiger partial charge >= 0.3 is 5.97 Å². The molecule has 2 aromatic rings. The molecule has 1 saturated heterocycles. The highest BCUT2D eigenvalue weighted by Crippen LogP contribution is 2.55. The Hall–Kier alpha value is -3.16. The lowest BCUT2D eigenvalue weighted by Gasteiger charge is -2.19. The van der Waals surface area contributed by atoms with Gasteiger partial charge in [-0.25, -0.2) is 4.79 Å². The van der Waals surface area contributed by atoms with Gasteiger partial charge in [0.1, 0.15) is 0 Å². The Kier molecular flexibility index (Phi) is 5.70. The Bertz CT molecular complexity index is 1260. The van der Waals surface area contributed by atoms with Gasteiger partial charge in [-0.15, -0.1) is 0 Å². The van der Waals surface area contributed by atoms with E-state index < -0.39 is 18.5 Å². The van der Waals surface area contributed by atoms with Crippen molar-refractivity contribution in [2.24, 2.45) is 23.7 Å². The second kappa shape index (κ2) is 8.56. The molecule has 1 aliphatic heterocycles. The second-order valence-corrected chi connectivity index (χ2v) is 9.62. The molecule has 174 valence electrons. The summed E-state index contributed by atoms with van der Waals surface area (Å²) in [5.41, 5.74) is 2.15. The SMILES string of the molecule is CC1=C[C@H]2C[C@H]1[C@@H]1C(=O)N(c3ccc(C(=O)OCC(=O)Nc4ccc(Cl)cc4Cl)cc3)C(=O)[C@@H]12. The summed E-state index contributed by atoms with van der Waals surface area (Å²) in [5, 5.41) is 3.23. The van der Waals surface area contributed by atoms with Crippen molar-refractivity contribution in [3.05, 3.63) is 69.7 Å². The van der Waals surface area contributed by atoms with Crippen molar-refractivity contribution in [3.8, 4) is 0 Å². The number of carbonyl (C=O) groups excluding carboxylic acids is 4. The van der Waals surface area contributed by atoms with E-state index in [2.05, 4.69) is 11.4 Å². The Morgan fingerprint density at radius 3 is 2.47 bits per heavy atom. The van der Waals surface area contributed by atoms with Crippen molar-refractivity contribution in [1.82, 2.24) is 0 Å². The van der Waals surface area contributed by atoms with E-state index in [0.717, 1.165) is 6.42 Å². The fraction of sp³-hybridized carbons (Fsp3) is 0.280. The maximum Gasteiger partial charge on any atom is 0.338 e. The van der Waals surface area contributed by atoms with Gasteiger partial charge in [-0.05, 0) is 67.6 Å². The van der Waals surface area contributed by atoms with E-state index >= 15 is 0 Å². The van der Waals surface area contributed by atoms with Crippen LogP contribution in [-0.4, -0.2) is 30.3 Å².